The molecule has 0 aromatic carbocycles. The Bertz CT molecular complexity index is 663. The lowest BCUT2D eigenvalue weighted by molar-refractivity contribution is -0.146. The number of rotatable bonds is 4. The van der Waals surface area contributed by atoms with Crippen molar-refractivity contribution in [3.63, 3.8) is 0 Å². The molecule has 9 nitrogen and oxygen atoms in total. The quantitative estimate of drug-likeness (QED) is 0.472. The molecule has 3 rings (SSSR count). The molecule has 2 saturated heterocycles. The summed E-state index contributed by atoms with van der Waals surface area (Å²) < 4.78 is 6.46. The van der Waals surface area contributed by atoms with Gasteiger partial charge in [0.2, 0.25) is 0 Å². The minimum atomic E-state index is -1.17. The van der Waals surface area contributed by atoms with E-state index in [1.807, 2.05) is 0 Å². The number of aromatic nitrogens is 2. The van der Waals surface area contributed by atoms with Gasteiger partial charge in [-0.15, -0.1) is 11.8 Å². The van der Waals surface area contributed by atoms with Crippen LogP contribution in [0.3, 0.4) is 0 Å². The van der Waals surface area contributed by atoms with E-state index in [4.69, 9.17) is 10.5 Å². The molecular weight excluding hydrogens is 336 g/mol. The zero-order chi connectivity index (χ0) is 17.3. The number of nitrogens with two attached hydrogens (primary N) is 1. The Morgan fingerprint density at radius 3 is 2.96 bits per heavy atom. The molecule has 10 heteroatoms. The molecule has 0 radical (unpaired) electrons. The van der Waals surface area contributed by atoms with Crippen LogP contribution in [-0.2, 0) is 9.53 Å². The number of carbonyl (C=O) groups is 1. The number of esters is 1. The molecule has 0 spiro atoms. The van der Waals surface area contributed by atoms with Crippen LogP contribution in [-0.4, -0.2) is 62.4 Å². The molecular formula is C14H20N4O5S. The van der Waals surface area contributed by atoms with Gasteiger partial charge in [0, 0.05) is 6.20 Å². The third-order valence-electron chi connectivity index (χ3n) is 4.20. The number of thioether (sulfide) groups is 1. The first-order valence-electron chi connectivity index (χ1n) is 7.73. The Balaban J connectivity index is 1.64. The highest BCUT2D eigenvalue weighted by Crippen LogP contribution is 2.41. The molecule has 1 aromatic rings. The SMILES string of the molecule is Nc1ccn([C@@H]2S[C@H](COC(=O)[C@@H]3CCCN3)C(O)C2O)c(=O)n1. The van der Waals surface area contributed by atoms with E-state index in [0.717, 1.165) is 19.4 Å². The molecule has 3 heterocycles. The van der Waals surface area contributed by atoms with Crippen LogP contribution < -0.4 is 16.7 Å². The highest BCUT2D eigenvalue weighted by atomic mass is 32.2. The van der Waals surface area contributed by atoms with Crippen LogP contribution in [0.5, 0.6) is 0 Å². The number of nitrogens with zero attached hydrogens (tertiary/aromatic N) is 2. The van der Waals surface area contributed by atoms with Gasteiger partial charge in [-0.3, -0.25) is 9.36 Å². The number of carbonyl (C=O) groups excluding carboxylic acids is 1. The van der Waals surface area contributed by atoms with Crippen molar-refractivity contribution in [3.8, 4) is 0 Å². The van der Waals surface area contributed by atoms with E-state index in [9.17, 15) is 19.8 Å². The summed E-state index contributed by atoms with van der Waals surface area (Å²) in [4.78, 5) is 27.4. The Morgan fingerprint density at radius 2 is 2.29 bits per heavy atom. The maximum Gasteiger partial charge on any atom is 0.350 e. The summed E-state index contributed by atoms with van der Waals surface area (Å²) in [5.74, 6) is -0.270. The predicted molar refractivity (Wildman–Crippen MR) is 87.3 cm³/mol. The van der Waals surface area contributed by atoms with Gasteiger partial charge in [0.1, 0.15) is 29.9 Å². The van der Waals surface area contributed by atoms with Crippen LogP contribution in [0.1, 0.15) is 18.2 Å². The fraction of sp³-hybridized carbons (Fsp3) is 0.643. The van der Waals surface area contributed by atoms with E-state index in [2.05, 4.69) is 10.3 Å². The molecule has 0 aliphatic carbocycles. The largest absolute Gasteiger partial charge is 0.463 e. The number of nitrogens with one attached hydrogen (secondary N) is 1. The zero-order valence-electron chi connectivity index (χ0n) is 12.9. The van der Waals surface area contributed by atoms with Gasteiger partial charge in [0.05, 0.1) is 11.4 Å². The molecule has 2 aliphatic heterocycles. The van der Waals surface area contributed by atoms with E-state index in [1.54, 1.807) is 0 Å². The number of hydrogen-bond donors (Lipinski definition) is 4. The van der Waals surface area contributed by atoms with Crippen molar-refractivity contribution in [1.29, 1.82) is 0 Å². The molecule has 2 fully saturated rings. The van der Waals surface area contributed by atoms with Crippen LogP contribution in [0.4, 0.5) is 5.82 Å². The van der Waals surface area contributed by atoms with E-state index in [0.29, 0.717) is 0 Å². The summed E-state index contributed by atoms with van der Waals surface area (Å²) >= 11 is 1.17. The summed E-state index contributed by atoms with van der Waals surface area (Å²) in [5, 5.41) is 22.2. The third kappa shape index (κ3) is 3.41. The topological polar surface area (TPSA) is 140 Å². The second kappa shape index (κ2) is 7.09. The fourth-order valence-corrected chi connectivity index (χ4v) is 4.31. The van der Waals surface area contributed by atoms with E-state index in [-0.39, 0.29) is 24.4 Å². The van der Waals surface area contributed by atoms with Crippen molar-refractivity contribution in [3.05, 3.63) is 22.7 Å². The first-order valence-corrected chi connectivity index (χ1v) is 8.68. The van der Waals surface area contributed by atoms with E-state index < -0.39 is 28.5 Å². The van der Waals surface area contributed by atoms with Gasteiger partial charge in [0.25, 0.3) is 0 Å². The highest BCUT2D eigenvalue weighted by molar-refractivity contribution is 8.00. The van der Waals surface area contributed by atoms with Crippen molar-refractivity contribution >= 4 is 23.5 Å². The molecule has 24 heavy (non-hydrogen) atoms. The monoisotopic (exact) mass is 356 g/mol. The van der Waals surface area contributed by atoms with Gasteiger partial charge in [-0.05, 0) is 25.5 Å². The molecule has 0 amide bonds. The number of aliphatic hydroxyl groups is 2. The van der Waals surface area contributed by atoms with Gasteiger partial charge >= 0.3 is 11.7 Å². The van der Waals surface area contributed by atoms with Crippen molar-refractivity contribution in [2.24, 2.45) is 0 Å². The van der Waals surface area contributed by atoms with Gasteiger partial charge < -0.3 is 26.0 Å². The Hall–Kier alpha value is -1.62. The second-order valence-corrected chi connectivity index (χ2v) is 7.23. The summed E-state index contributed by atoms with van der Waals surface area (Å²) in [6.07, 6.45) is 0.792. The zero-order valence-corrected chi connectivity index (χ0v) is 13.7. The van der Waals surface area contributed by atoms with Crippen LogP contribution >= 0.6 is 11.8 Å². The highest BCUT2D eigenvalue weighted by Gasteiger charge is 2.44. The van der Waals surface area contributed by atoms with Crippen molar-refractivity contribution in [2.45, 2.75) is 41.7 Å². The van der Waals surface area contributed by atoms with Crippen molar-refractivity contribution < 1.29 is 19.7 Å². The van der Waals surface area contributed by atoms with E-state index in [1.165, 1.54) is 28.6 Å². The van der Waals surface area contributed by atoms with E-state index >= 15 is 0 Å². The lowest BCUT2D eigenvalue weighted by Gasteiger charge is -2.17. The molecule has 5 atom stereocenters. The summed E-state index contributed by atoms with van der Waals surface area (Å²) in [6, 6.07) is 1.14. The summed E-state index contributed by atoms with van der Waals surface area (Å²) in [5.41, 5.74) is 4.84. The fourth-order valence-electron chi connectivity index (χ4n) is 2.87. The minimum absolute atomic E-state index is 0.0342. The number of nitrogen functional groups attached to an aromatic ring is 1. The van der Waals surface area contributed by atoms with Gasteiger partial charge in [-0.25, -0.2) is 4.79 Å². The molecule has 1 aromatic heterocycles. The Kier molecular flexibility index (Phi) is 5.09. The third-order valence-corrected chi connectivity index (χ3v) is 5.75. The maximum absolute atomic E-state index is 11.9. The van der Waals surface area contributed by atoms with Gasteiger partial charge in [0.15, 0.2) is 0 Å². The van der Waals surface area contributed by atoms with Gasteiger partial charge in [-0.2, -0.15) is 4.98 Å². The molecule has 0 saturated carbocycles. The smallest absolute Gasteiger partial charge is 0.350 e. The molecule has 0 bridgehead atoms. The Morgan fingerprint density at radius 1 is 1.50 bits per heavy atom. The average molecular weight is 356 g/mol. The minimum Gasteiger partial charge on any atom is -0.463 e. The first kappa shape index (κ1) is 17.2. The molecule has 2 aliphatic rings. The van der Waals surface area contributed by atoms with Crippen LogP contribution in [0.25, 0.3) is 0 Å². The number of hydrogen-bond acceptors (Lipinski definition) is 9. The van der Waals surface area contributed by atoms with Crippen LogP contribution in [0.2, 0.25) is 0 Å². The van der Waals surface area contributed by atoms with Crippen molar-refractivity contribution in [2.75, 3.05) is 18.9 Å². The lowest BCUT2D eigenvalue weighted by Crippen LogP contribution is -2.38. The molecule has 132 valence electrons. The van der Waals surface area contributed by atoms with Crippen LogP contribution in [0.15, 0.2) is 17.1 Å². The van der Waals surface area contributed by atoms with Gasteiger partial charge in [-0.1, -0.05) is 0 Å². The first-order chi connectivity index (χ1) is 11.5. The number of anilines is 1. The summed E-state index contributed by atoms with van der Waals surface area (Å²) in [7, 11) is 0. The average Bonchev–Trinajstić information content (AvgIpc) is 3.17. The molecule has 2 unspecified atom stereocenters. The maximum atomic E-state index is 11.9. The number of aliphatic hydroxyl groups excluding tert-OH is 2. The predicted octanol–water partition coefficient (Wildman–Crippen LogP) is -1.54. The Labute approximate surface area is 142 Å². The van der Waals surface area contributed by atoms with Crippen molar-refractivity contribution in [1.82, 2.24) is 14.9 Å². The second-order valence-electron chi connectivity index (χ2n) is 5.87. The normalized spacial score (nSPS) is 32.8. The summed E-state index contributed by atoms with van der Waals surface area (Å²) in [6.45, 7) is 0.752. The molecule has 5 N–H and O–H groups in total. The standard InChI is InChI=1S/C14H20N4O5S/c15-9-3-5-18(14(22)17-9)12-11(20)10(19)8(24-12)6-23-13(21)7-2-1-4-16-7/h3,5,7-8,10-12,16,19-20H,1-2,4,6H2,(H2,15,17,22)/t7-,8+,10?,11?,12+/m0/s1. The van der Waals surface area contributed by atoms with Crippen LogP contribution in [0, 0.1) is 0 Å². The lowest BCUT2D eigenvalue weighted by atomic mass is 10.1. The number of ether oxygens (including phenoxy) is 1.